The molecule has 0 saturated heterocycles. The van der Waals surface area contributed by atoms with Crippen LogP contribution in [0, 0.1) is 6.92 Å². The zero-order chi connectivity index (χ0) is 23.5. The molecule has 0 saturated carbocycles. The summed E-state index contributed by atoms with van der Waals surface area (Å²) in [7, 11) is 0. The number of aryl methyl sites for hydroxylation is 1. The molecule has 184 valence electrons. The van der Waals surface area contributed by atoms with E-state index in [1.165, 1.54) is 54.9 Å². The van der Waals surface area contributed by atoms with Gasteiger partial charge in [-0.2, -0.15) is 12.1 Å². The zero-order valence-corrected chi connectivity index (χ0v) is 25.4. The molecule has 0 aromatic heterocycles. The molecule has 0 unspecified atom stereocenters. The Hall–Kier alpha value is -2.44. The van der Waals surface area contributed by atoms with Crippen LogP contribution in [0.3, 0.4) is 0 Å². The van der Waals surface area contributed by atoms with Crippen molar-refractivity contribution in [3.05, 3.63) is 132 Å². The molecule has 0 amide bonds. The predicted molar refractivity (Wildman–Crippen MR) is 149 cm³/mol. The molecule has 6 aromatic carbocycles. The van der Waals surface area contributed by atoms with E-state index in [-0.39, 0.29) is 51.0 Å². The maximum atomic E-state index is 2.34. The number of fused-ring (bicyclic) bond motifs is 2. The smallest absolute Gasteiger partial charge is 1.00 e. The van der Waals surface area contributed by atoms with Gasteiger partial charge in [0, 0.05) is 0 Å². The number of halogens is 2. The summed E-state index contributed by atoms with van der Waals surface area (Å²) < 4.78 is 0. The molecule has 0 nitrogen and oxygen atoms in total. The molecule has 0 atom stereocenters. The fourth-order valence-electron chi connectivity index (χ4n) is 4.71. The van der Waals surface area contributed by atoms with Crippen molar-refractivity contribution in [3.63, 3.8) is 0 Å². The van der Waals surface area contributed by atoms with Gasteiger partial charge in [0.05, 0.1) is 0 Å². The van der Waals surface area contributed by atoms with E-state index in [1.54, 1.807) is 0 Å². The van der Waals surface area contributed by atoms with Crippen LogP contribution in [0.25, 0.3) is 43.8 Å². The first kappa shape index (κ1) is 30.8. The van der Waals surface area contributed by atoms with Crippen molar-refractivity contribution >= 4 is 21.5 Å². The van der Waals surface area contributed by atoms with Gasteiger partial charge >= 0.3 is 26.2 Å². The third kappa shape index (κ3) is 6.91. The maximum Gasteiger partial charge on any atom is 4.00 e. The van der Waals surface area contributed by atoms with Gasteiger partial charge in [0.1, 0.15) is 0 Å². The van der Waals surface area contributed by atoms with Gasteiger partial charge in [-0.3, -0.25) is 0 Å². The predicted octanol–water partition coefficient (Wildman–Crippen LogP) is 3.89. The van der Waals surface area contributed by atoms with Gasteiger partial charge < -0.3 is 24.8 Å². The van der Waals surface area contributed by atoms with E-state index in [4.69, 9.17) is 0 Å². The summed E-state index contributed by atoms with van der Waals surface area (Å²) in [5.74, 6) is 0.584. The van der Waals surface area contributed by atoms with Gasteiger partial charge in [0.15, 0.2) is 0 Å². The van der Waals surface area contributed by atoms with Crippen molar-refractivity contribution in [1.29, 1.82) is 0 Å². The summed E-state index contributed by atoms with van der Waals surface area (Å²) in [6, 6.07) is 43.4. The third-order valence-electron chi connectivity index (χ3n) is 6.50. The summed E-state index contributed by atoms with van der Waals surface area (Å²) in [6.45, 7) is 6.64. The van der Waals surface area contributed by atoms with E-state index in [0.29, 0.717) is 5.92 Å². The Balaban J connectivity index is 0.000000242. The fourth-order valence-corrected chi connectivity index (χ4v) is 4.71. The Morgan fingerprint density at radius 1 is 0.541 bits per heavy atom. The molecule has 0 heterocycles. The van der Waals surface area contributed by atoms with Crippen LogP contribution in [0.1, 0.15) is 30.9 Å². The third-order valence-corrected chi connectivity index (χ3v) is 6.50. The van der Waals surface area contributed by atoms with Crippen molar-refractivity contribution in [1.82, 2.24) is 0 Å². The van der Waals surface area contributed by atoms with Gasteiger partial charge in [-0.1, -0.05) is 105 Å². The first-order valence-corrected chi connectivity index (χ1v) is 12.1. The second-order valence-corrected chi connectivity index (χ2v) is 9.33. The van der Waals surface area contributed by atoms with Crippen molar-refractivity contribution in [2.75, 3.05) is 0 Å². The average molecular weight is 601 g/mol. The molecule has 6 rings (SSSR count). The van der Waals surface area contributed by atoms with Crippen LogP contribution >= 0.6 is 0 Å². The van der Waals surface area contributed by atoms with Crippen LogP contribution in [0.15, 0.2) is 121 Å². The summed E-state index contributed by atoms with van der Waals surface area (Å²) >= 11 is 0. The molecule has 0 aliphatic heterocycles. The number of hydrogen-bond donors (Lipinski definition) is 0. The fraction of sp³-hybridized carbons (Fsp3) is 0.118. The average Bonchev–Trinajstić information content (AvgIpc) is 3.48. The van der Waals surface area contributed by atoms with Crippen LogP contribution in [-0.2, 0) is 26.2 Å². The van der Waals surface area contributed by atoms with Crippen molar-refractivity contribution in [2.24, 2.45) is 0 Å². The molecule has 0 aliphatic carbocycles. The van der Waals surface area contributed by atoms with Gasteiger partial charge in [-0.25, -0.2) is 0 Å². The number of rotatable bonds is 3. The quantitative estimate of drug-likeness (QED) is 0.271. The second kappa shape index (κ2) is 13.9. The SMILES string of the molecule is CC(C)c1cc2c(-c3ccccc3)cccc2[cH-]1.Cc1cc2c(-c3ccccc3)cccc2[cH-]1.[Cl-].[Cl-].[Zr+4]. The Morgan fingerprint density at radius 3 is 1.49 bits per heavy atom. The topological polar surface area (TPSA) is 0 Å². The minimum atomic E-state index is 0. The largest absolute Gasteiger partial charge is 4.00 e. The molecule has 0 bridgehead atoms. The van der Waals surface area contributed by atoms with E-state index >= 15 is 0 Å². The molecule has 0 spiro atoms. The summed E-state index contributed by atoms with van der Waals surface area (Å²) in [4.78, 5) is 0. The second-order valence-electron chi connectivity index (χ2n) is 9.33. The normalized spacial score (nSPS) is 10.2. The Bertz CT molecular complexity index is 1530. The van der Waals surface area contributed by atoms with Crippen LogP contribution in [0.4, 0.5) is 0 Å². The van der Waals surface area contributed by atoms with Crippen molar-refractivity contribution in [2.45, 2.75) is 26.7 Å². The molecule has 3 heteroatoms. The summed E-state index contributed by atoms with van der Waals surface area (Å²) in [5.41, 5.74) is 8.00. The minimum Gasteiger partial charge on any atom is -1.00 e. The molecule has 37 heavy (non-hydrogen) atoms. The Morgan fingerprint density at radius 2 is 1.00 bits per heavy atom. The molecular weight excluding hydrogens is 571 g/mol. The summed E-state index contributed by atoms with van der Waals surface area (Å²) in [6.07, 6.45) is 0. The van der Waals surface area contributed by atoms with Gasteiger partial charge in [-0.05, 0) is 17.0 Å². The van der Waals surface area contributed by atoms with Crippen LogP contribution in [0.5, 0.6) is 0 Å². The molecule has 0 radical (unpaired) electrons. The van der Waals surface area contributed by atoms with E-state index in [2.05, 4.69) is 142 Å². The van der Waals surface area contributed by atoms with Crippen LogP contribution in [-0.4, -0.2) is 0 Å². The zero-order valence-electron chi connectivity index (χ0n) is 21.4. The number of benzene rings is 4. The maximum absolute atomic E-state index is 2.34. The molecular formula is C34H30Cl2Zr. The van der Waals surface area contributed by atoms with Crippen molar-refractivity contribution in [3.8, 4) is 22.3 Å². The van der Waals surface area contributed by atoms with Gasteiger partial charge in [-0.15, -0.1) is 69.1 Å². The molecule has 0 N–H and O–H groups in total. The van der Waals surface area contributed by atoms with Gasteiger partial charge in [0.25, 0.3) is 0 Å². The van der Waals surface area contributed by atoms with Crippen molar-refractivity contribution < 1.29 is 51.0 Å². The Kier molecular flexibility index (Phi) is 11.6. The first-order chi connectivity index (χ1) is 16.6. The van der Waals surface area contributed by atoms with Crippen LogP contribution < -0.4 is 24.8 Å². The van der Waals surface area contributed by atoms with Crippen LogP contribution in [0.2, 0.25) is 0 Å². The van der Waals surface area contributed by atoms with E-state index in [0.717, 1.165) is 0 Å². The molecule has 0 aliphatic rings. The first-order valence-electron chi connectivity index (χ1n) is 12.1. The number of hydrogen-bond acceptors (Lipinski definition) is 0. The van der Waals surface area contributed by atoms with E-state index in [1.807, 2.05) is 0 Å². The van der Waals surface area contributed by atoms with E-state index in [9.17, 15) is 0 Å². The Labute approximate surface area is 252 Å². The van der Waals surface area contributed by atoms with Gasteiger partial charge in [0.2, 0.25) is 0 Å². The summed E-state index contributed by atoms with van der Waals surface area (Å²) in [5, 5.41) is 5.40. The monoisotopic (exact) mass is 598 g/mol. The minimum absolute atomic E-state index is 0. The molecule has 0 fully saturated rings. The standard InChI is InChI=1S/C18H17.C16H13.2ClH.Zr/c1-13(2)16-11-15-9-6-10-17(18(15)12-16)14-7-4-3-5-8-14;1-12-10-14-8-5-9-15(16(14)11-12)13-6-3-2-4-7-13;;;/h3-13H,1-2H3;2-11H,1H3;2*1H;/q2*-1;;;+4/p-2. The molecule has 6 aromatic rings. The van der Waals surface area contributed by atoms with E-state index < -0.39 is 0 Å².